The summed E-state index contributed by atoms with van der Waals surface area (Å²) in [5.41, 5.74) is -2.25. The molecule has 0 radical (unpaired) electrons. The van der Waals surface area contributed by atoms with Gasteiger partial charge in [-0.05, 0) is 51.4 Å². The standard InChI is InChI=1S/C59H97N5O23/c1-41(65)82-46-33-54-80-39-58(86-54,56(46)84-43(3)67)37-78-29-15-13-19-48(69)60-25-17-27-62-50(71)23-31-76-35-45(64-52(73)21-11-9-7-5-6-8-10-12-22-53(74)75)36-77-32-24-51(72)63-28-18-26-61-49(70)20-14-16-30-79-38-59-40-81-55(87-59)34-47(83-42(2)66)57(59)85-44(4)68/h45-47,54-57H,5-40H2,1-4H3,(H,60,69)(H,61,70)(H,62,71)(H,63,72)(H,64,73)(H,74,75)/t46-,47-,54+,55+,56-,57-,58+,59+/m1/s1. The van der Waals surface area contributed by atoms with E-state index in [1.54, 1.807) is 0 Å². The summed E-state index contributed by atoms with van der Waals surface area (Å²) in [6, 6.07) is -0.544. The molecule has 0 aromatic rings. The first-order valence-electron chi connectivity index (χ1n) is 30.9. The first kappa shape index (κ1) is 73.8. The molecular weight excluding hydrogens is 1150 g/mol. The molecule has 496 valence electrons. The molecule has 0 aromatic heterocycles. The Balaban J connectivity index is 1.04. The molecule has 4 bridgehead atoms. The number of carboxylic acid groups (broad SMARTS) is 1. The van der Waals surface area contributed by atoms with E-state index in [0.717, 1.165) is 38.5 Å². The SMILES string of the molecule is CC(=O)O[C@@H]1[C@H](OC(C)=O)C[C@H]2OC[C@]1(COCCCCC(=O)NCCCNC(=O)CCOCC(COCCC(=O)NCCCNC(=O)CCCCOC[C@]13CO[C@H](C[C@@H](OC(C)=O)[C@H]1OC(C)=O)O3)NC(=O)CCCCCCCCCCC(=O)O)O2. The number of amides is 5. The second-order valence-electron chi connectivity index (χ2n) is 22.4. The van der Waals surface area contributed by atoms with E-state index in [4.69, 9.17) is 61.9 Å². The molecule has 4 aliphatic rings. The molecule has 5 amide bonds. The van der Waals surface area contributed by atoms with Crippen LogP contribution in [0.5, 0.6) is 0 Å². The Hall–Kier alpha value is -5.62. The largest absolute Gasteiger partial charge is 0.481 e. The summed E-state index contributed by atoms with van der Waals surface area (Å²) in [4.78, 5) is 121. The van der Waals surface area contributed by atoms with E-state index >= 15 is 0 Å². The maximum absolute atomic E-state index is 13.0. The van der Waals surface area contributed by atoms with Crippen molar-refractivity contribution in [2.24, 2.45) is 0 Å². The van der Waals surface area contributed by atoms with Gasteiger partial charge in [0.2, 0.25) is 29.5 Å². The highest BCUT2D eigenvalue weighted by Crippen LogP contribution is 2.41. The quantitative estimate of drug-likeness (QED) is 0.0290. The van der Waals surface area contributed by atoms with Crippen molar-refractivity contribution >= 4 is 59.4 Å². The van der Waals surface area contributed by atoms with E-state index in [9.17, 15) is 47.9 Å². The Morgan fingerprint density at radius 2 is 0.782 bits per heavy atom. The number of aliphatic carboxylic acids is 1. The number of nitrogens with one attached hydrogen (secondary N) is 5. The van der Waals surface area contributed by atoms with Crippen LogP contribution in [-0.4, -0.2) is 211 Å². The van der Waals surface area contributed by atoms with Crippen LogP contribution in [0.25, 0.3) is 0 Å². The van der Waals surface area contributed by atoms with Crippen LogP contribution in [0.2, 0.25) is 0 Å². The molecule has 0 spiro atoms. The second kappa shape index (κ2) is 41.6. The van der Waals surface area contributed by atoms with Crippen LogP contribution in [0.15, 0.2) is 0 Å². The van der Waals surface area contributed by atoms with Crippen LogP contribution >= 0.6 is 0 Å². The van der Waals surface area contributed by atoms with Gasteiger partial charge in [0.05, 0.1) is 58.9 Å². The number of carboxylic acids is 1. The lowest BCUT2D eigenvalue weighted by Crippen LogP contribution is -2.60. The van der Waals surface area contributed by atoms with Gasteiger partial charge in [0.25, 0.3) is 0 Å². The maximum atomic E-state index is 13.0. The molecule has 4 saturated heterocycles. The van der Waals surface area contributed by atoms with E-state index in [0.29, 0.717) is 97.2 Å². The van der Waals surface area contributed by atoms with Crippen molar-refractivity contribution in [3.63, 3.8) is 0 Å². The molecule has 0 aromatic carbocycles. The molecule has 0 aliphatic carbocycles. The molecule has 4 fully saturated rings. The maximum Gasteiger partial charge on any atom is 0.303 e. The summed E-state index contributed by atoms with van der Waals surface area (Å²) < 4.78 is 68.6. The predicted octanol–water partition coefficient (Wildman–Crippen LogP) is 2.65. The molecule has 4 rings (SSSR count). The third-order valence-corrected chi connectivity index (χ3v) is 14.6. The Morgan fingerprint density at radius 1 is 0.425 bits per heavy atom. The summed E-state index contributed by atoms with van der Waals surface area (Å²) in [5.74, 6) is -3.86. The molecule has 4 aliphatic heterocycles. The fraction of sp³-hybridized carbons (Fsp3) is 0.831. The van der Waals surface area contributed by atoms with Crippen LogP contribution in [0.4, 0.5) is 0 Å². The van der Waals surface area contributed by atoms with Gasteiger partial charge >= 0.3 is 29.8 Å². The molecule has 0 saturated carbocycles. The Labute approximate surface area is 509 Å². The van der Waals surface area contributed by atoms with Gasteiger partial charge < -0.3 is 88.5 Å². The lowest BCUT2D eigenvalue weighted by atomic mass is 9.90. The number of carbonyl (C=O) groups excluding carboxylic acids is 9. The number of hydrogen-bond acceptors (Lipinski definition) is 22. The number of ether oxygens (including phenoxy) is 12. The average Bonchev–Trinajstić information content (AvgIpc) is 1.69. The highest BCUT2D eigenvalue weighted by molar-refractivity contribution is 5.78. The number of hydrogen-bond donors (Lipinski definition) is 6. The third-order valence-electron chi connectivity index (χ3n) is 14.6. The molecule has 6 N–H and O–H groups in total. The molecule has 28 heteroatoms. The van der Waals surface area contributed by atoms with Crippen LogP contribution in [0.3, 0.4) is 0 Å². The van der Waals surface area contributed by atoms with Gasteiger partial charge in [-0.2, -0.15) is 0 Å². The fourth-order valence-corrected chi connectivity index (χ4v) is 10.4. The van der Waals surface area contributed by atoms with Gasteiger partial charge in [-0.25, -0.2) is 0 Å². The van der Waals surface area contributed by atoms with Crippen LogP contribution in [0.1, 0.15) is 169 Å². The number of esters is 4. The highest BCUT2D eigenvalue weighted by atomic mass is 16.8. The number of fused-ring (bicyclic) bond motifs is 4. The van der Waals surface area contributed by atoms with Crippen molar-refractivity contribution in [3.8, 4) is 0 Å². The van der Waals surface area contributed by atoms with Crippen molar-refractivity contribution < 1.29 is 110 Å². The lowest BCUT2D eigenvalue weighted by Gasteiger charge is -2.41. The highest BCUT2D eigenvalue weighted by Gasteiger charge is 2.60. The van der Waals surface area contributed by atoms with Crippen molar-refractivity contribution in [1.29, 1.82) is 0 Å². The Bertz CT molecular complexity index is 2040. The monoisotopic (exact) mass is 1240 g/mol. The minimum absolute atomic E-state index is 0.0369. The summed E-state index contributed by atoms with van der Waals surface area (Å²) in [6.07, 6.45) is 7.45. The van der Waals surface area contributed by atoms with Gasteiger partial charge in [-0.3, -0.25) is 47.9 Å². The molecule has 28 nitrogen and oxygen atoms in total. The van der Waals surface area contributed by atoms with E-state index in [1.807, 2.05) is 0 Å². The fourth-order valence-electron chi connectivity index (χ4n) is 10.4. The smallest absolute Gasteiger partial charge is 0.303 e. The van der Waals surface area contributed by atoms with Gasteiger partial charge in [0.1, 0.15) is 12.2 Å². The number of carbonyl (C=O) groups is 10. The minimum atomic E-state index is -1.12. The molecule has 87 heavy (non-hydrogen) atoms. The summed E-state index contributed by atoms with van der Waals surface area (Å²) in [6.45, 7) is 7.64. The predicted molar refractivity (Wildman–Crippen MR) is 306 cm³/mol. The molecule has 8 atom stereocenters. The normalized spacial score (nSPS) is 22.6. The summed E-state index contributed by atoms with van der Waals surface area (Å²) in [7, 11) is 0. The first-order chi connectivity index (χ1) is 41.8. The van der Waals surface area contributed by atoms with Gasteiger partial charge in [0, 0.05) is 118 Å². The van der Waals surface area contributed by atoms with Crippen molar-refractivity contribution in [2.45, 2.75) is 223 Å². The van der Waals surface area contributed by atoms with Gasteiger partial charge in [-0.15, -0.1) is 0 Å². The number of unbranched alkanes of at least 4 members (excludes halogenated alkanes) is 9. The van der Waals surface area contributed by atoms with Crippen molar-refractivity contribution in [3.05, 3.63) is 0 Å². The Morgan fingerprint density at radius 3 is 1.17 bits per heavy atom. The van der Waals surface area contributed by atoms with Crippen LogP contribution < -0.4 is 26.6 Å². The Kier molecular flexibility index (Phi) is 35.3. The van der Waals surface area contributed by atoms with E-state index in [-0.39, 0.29) is 127 Å². The zero-order valence-electron chi connectivity index (χ0n) is 51.4. The van der Waals surface area contributed by atoms with Crippen LogP contribution in [0, 0.1) is 0 Å². The minimum Gasteiger partial charge on any atom is -0.481 e. The summed E-state index contributed by atoms with van der Waals surface area (Å²) in [5, 5.41) is 23.1. The van der Waals surface area contributed by atoms with Crippen LogP contribution in [-0.2, 0) is 105 Å². The topological polar surface area (TPSA) is 362 Å². The lowest BCUT2D eigenvalue weighted by molar-refractivity contribution is -0.240. The molecule has 4 heterocycles. The third kappa shape index (κ3) is 30.4. The second-order valence-corrected chi connectivity index (χ2v) is 22.4. The van der Waals surface area contributed by atoms with Gasteiger partial charge in [-0.1, -0.05) is 38.5 Å². The average molecular weight is 1240 g/mol. The van der Waals surface area contributed by atoms with Gasteiger partial charge in [0.15, 0.2) is 36.0 Å². The van der Waals surface area contributed by atoms with Crippen molar-refractivity contribution in [1.82, 2.24) is 26.6 Å². The van der Waals surface area contributed by atoms with E-state index in [1.165, 1.54) is 27.7 Å². The van der Waals surface area contributed by atoms with E-state index in [2.05, 4.69) is 26.6 Å². The molecular formula is C59H97N5O23. The summed E-state index contributed by atoms with van der Waals surface area (Å²) >= 11 is 0. The van der Waals surface area contributed by atoms with Crippen molar-refractivity contribution in [2.75, 3.05) is 92.2 Å². The zero-order chi connectivity index (χ0) is 63.3. The molecule has 0 unspecified atom stereocenters. The first-order valence-corrected chi connectivity index (χ1v) is 30.9. The zero-order valence-corrected chi connectivity index (χ0v) is 51.4. The van der Waals surface area contributed by atoms with E-state index < -0.39 is 84.1 Å². The number of rotatable bonds is 48.